The molecule has 2 aliphatic heterocycles. The number of amides is 1. The summed E-state index contributed by atoms with van der Waals surface area (Å²) in [7, 11) is 0. The van der Waals surface area contributed by atoms with E-state index < -0.39 is 18.1 Å². The first kappa shape index (κ1) is 18.8. The fourth-order valence-corrected chi connectivity index (χ4v) is 3.91. The molecule has 28 heavy (non-hydrogen) atoms. The van der Waals surface area contributed by atoms with Crippen LogP contribution in [0.4, 0.5) is 9.18 Å². The van der Waals surface area contributed by atoms with Gasteiger partial charge in [-0.2, -0.15) is 0 Å². The van der Waals surface area contributed by atoms with Crippen LogP contribution in [0.1, 0.15) is 23.0 Å². The van der Waals surface area contributed by atoms with Gasteiger partial charge in [-0.15, -0.1) is 0 Å². The molecule has 2 aromatic rings. The van der Waals surface area contributed by atoms with Crippen LogP contribution >= 0.6 is 11.8 Å². The predicted molar refractivity (Wildman–Crippen MR) is 100 cm³/mol. The number of halogens is 1. The van der Waals surface area contributed by atoms with Gasteiger partial charge in [0.25, 0.3) is 5.24 Å². The molecule has 0 unspecified atom stereocenters. The standard InChI is InChI=1S/C20H18FNO5S/c21-16-8-14(11-25-17(23)10-22-6-7-28-20(22)24)18-15(9-16)12-26-19(27-18)13-4-2-1-3-5-13/h1-5,8-9,19H,6-7,10-12H2/t19-/m1/s1. The zero-order valence-corrected chi connectivity index (χ0v) is 15.7. The maximum absolute atomic E-state index is 14.0. The quantitative estimate of drug-likeness (QED) is 0.710. The molecule has 0 aliphatic carbocycles. The van der Waals surface area contributed by atoms with Gasteiger partial charge in [-0.05, 0) is 12.1 Å². The van der Waals surface area contributed by atoms with Crippen molar-refractivity contribution in [3.63, 3.8) is 0 Å². The average Bonchev–Trinajstić information content (AvgIpc) is 3.11. The zero-order chi connectivity index (χ0) is 19.5. The molecule has 1 atom stereocenters. The summed E-state index contributed by atoms with van der Waals surface area (Å²) in [4.78, 5) is 25.1. The second-order valence-electron chi connectivity index (χ2n) is 6.42. The summed E-state index contributed by atoms with van der Waals surface area (Å²) in [6.45, 7) is 0.454. The minimum Gasteiger partial charge on any atom is -0.460 e. The van der Waals surface area contributed by atoms with E-state index in [1.54, 1.807) is 0 Å². The molecule has 4 rings (SSSR count). The van der Waals surface area contributed by atoms with Crippen LogP contribution in [0.3, 0.4) is 0 Å². The van der Waals surface area contributed by atoms with Gasteiger partial charge in [0.2, 0.25) is 6.29 Å². The largest absolute Gasteiger partial charge is 0.460 e. The number of nitrogens with zero attached hydrogens (tertiary/aromatic N) is 1. The molecule has 0 spiro atoms. The van der Waals surface area contributed by atoms with E-state index >= 15 is 0 Å². The van der Waals surface area contributed by atoms with Crippen LogP contribution in [0.25, 0.3) is 0 Å². The third kappa shape index (κ3) is 4.13. The fourth-order valence-electron chi connectivity index (χ4n) is 3.09. The molecule has 1 saturated heterocycles. The second-order valence-corrected chi connectivity index (χ2v) is 7.47. The number of esters is 1. The summed E-state index contributed by atoms with van der Waals surface area (Å²) in [5, 5.41) is -0.133. The molecule has 2 aromatic carbocycles. The van der Waals surface area contributed by atoms with Crippen molar-refractivity contribution in [1.29, 1.82) is 0 Å². The number of thioether (sulfide) groups is 1. The first-order chi connectivity index (χ1) is 13.6. The van der Waals surface area contributed by atoms with E-state index in [1.165, 1.54) is 28.8 Å². The first-order valence-corrected chi connectivity index (χ1v) is 9.80. The number of ether oxygens (including phenoxy) is 3. The number of fused-ring (bicyclic) bond motifs is 1. The van der Waals surface area contributed by atoms with Crippen LogP contribution in [-0.4, -0.2) is 35.0 Å². The number of rotatable bonds is 5. The summed E-state index contributed by atoms with van der Waals surface area (Å²) < 4.78 is 30.9. The van der Waals surface area contributed by atoms with E-state index in [0.717, 1.165) is 5.56 Å². The Morgan fingerprint density at radius 1 is 1.29 bits per heavy atom. The average molecular weight is 403 g/mol. The van der Waals surface area contributed by atoms with E-state index in [4.69, 9.17) is 14.2 Å². The first-order valence-electron chi connectivity index (χ1n) is 8.82. The van der Waals surface area contributed by atoms with Gasteiger partial charge in [-0.1, -0.05) is 42.1 Å². The normalized spacial score (nSPS) is 18.5. The third-order valence-corrected chi connectivity index (χ3v) is 5.34. The highest BCUT2D eigenvalue weighted by Crippen LogP contribution is 2.36. The maximum atomic E-state index is 14.0. The molecule has 8 heteroatoms. The molecule has 1 fully saturated rings. The van der Waals surface area contributed by atoms with Gasteiger partial charge in [-0.3, -0.25) is 9.59 Å². The topological polar surface area (TPSA) is 65.1 Å². The SMILES string of the molecule is O=C(CN1CCSC1=O)OCc1cc(F)cc2c1O[C@H](c1ccccc1)OC2. The lowest BCUT2D eigenvalue weighted by atomic mass is 10.1. The van der Waals surface area contributed by atoms with Crippen LogP contribution in [0.15, 0.2) is 42.5 Å². The molecule has 2 aliphatic rings. The van der Waals surface area contributed by atoms with Gasteiger partial charge in [0, 0.05) is 29.0 Å². The Kier molecular flexibility index (Phi) is 5.50. The van der Waals surface area contributed by atoms with Crippen molar-refractivity contribution in [2.24, 2.45) is 0 Å². The zero-order valence-electron chi connectivity index (χ0n) is 14.9. The van der Waals surface area contributed by atoms with Crippen molar-refractivity contribution in [2.45, 2.75) is 19.5 Å². The smallest absolute Gasteiger partial charge is 0.326 e. The molecule has 0 aromatic heterocycles. The van der Waals surface area contributed by atoms with Crippen molar-refractivity contribution < 1.29 is 28.2 Å². The minimum absolute atomic E-state index is 0.111. The fraction of sp³-hybridized carbons (Fsp3) is 0.300. The Morgan fingerprint density at radius 2 is 2.11 bits per heavy atom. The number of carbonyl (C=O) groups excluding carboxylic acids is 2. The Labute approximate surface area is 165 Å². The Balaban J connectivity index is 1.46. The molecule has 146 valence electrons. The van der Waals surface area contributed by atoms with Gasteiger partial charge < -0.3 is 19.1 Å². The Bertz CT molecular complexity index is 892. The summed E-state index contributed by atoms with van der Waals surface area (Å²) in [5.74, 6) is 0.127. The molecule has 1 amide bonds. The monoisotopic (exact) mass is 403 g/mol. The number of hydrogen-bond donors (Lipinski definition) is 0. The van der Waals surface area contributed by atoms with Gasteiger partial charge in [0.15, 0.2) is 0 Å². The van der Waals surface area contributed by atoms with Crippen LogP contribution in [0, 0.1) is 5.82 Å². The number of hydrogen-bond acceptors (Lipinski definition) is 6. The highest BCUT2D eigenvalue weighted by molar-refractivity contribution is 8.13. The van der Waals surface area contributed by atoms with Gasteiger partial charge in [-0.25, -0.2) is 4.39 Å². The molecule has 0 N–H and O–H groups in total. The molecule has 0 radical (unpaired) electrons. The van der Waals surface area contributed by atoms with Gasteiger partial charge >= 0.3 is 5.97 Å². The maximum Gasteiger partial charge on any atom is 0.326 e. The van der Waals surface area contributed by atoms with Crippen LogP contribution in [0.2, 0.25) is 0 Å². The number of carbonyl (C=O) groups is 2. The predicted octanol–water partition coefficient (Wildman–Crippen LogP) is 3.65. The van der Waals surface area contributed by atoms with Crippen molar-refractivity contribution >= 4 is 23.0 Å². The van der Waals surface area contributed by atoms with E-state index in [9.17, 15) is 14.0 Å². The summed E-state index contributed by atoms with van der Waals surface area (Å²) in [6, 6.07) is 12.0. The highest BCUT2D eigenvalue weighted by Gasteiger charge is 2.27. The van der Waals surface area contributed by atoms with E-state index in [-0.39, 0.29) is 25.0 Å². The molecule has 0 saturated carbocycles. The van der Waals surface area contributed by atoms with E-state index in [0.29, 0.717) is 29.2 Å². The summed E-state index contributed by atoms with van der Waals surface area (Å²) in [6.07, 6.45) is -0.618. The van der Waals surface area contributed by atoms with Crippen molar-refractivity contribution in [3.05, 3.63) is 65.0 Å². The molecular formula is C20H18FNO5S. The highest BCUT2D eigenvalue weighted by atomic mass is 32.2. The lowest BCUT2D eigenvalue weighted by Crippen LogP contribution is -2.31. The Morgan fingerprint density at radius 3 is 2.86 bits per heavy atom. The lowest BCUT2D eigenvalue weighted by molar-refractivity contribution is -0.145. The van der Waals surface area contributed by atoms with E-state index in [1.807, 2.05) is 30.3 Å². The minimum atomic E-state index is -0.618. The number of benzene rings is 2. The molecule has 0 bridgehead atoms. The lowest BCUT2D eigenvalue weighted by Gasteiger charge is -2.28. The van der Waals surface area contributed by atoms with Crippen LogP contribution in [0.5, 0.6) is 5.75 Å². The molecule has 2 heterocycles. The van der Waals surface area contributed by atoms with Crippen molar-refractivity contribution in [1.82, 2.24) is 4.90 Å². The van der Waals surface area contributed by atoms with E-state index in [2.05, 4.69) is 0 Å². The van der Waals surface area contributed by atoms with Gasteiger partial charge in [0.05, 0.1) is 6.61 Å². The van der Waals surface area contributed by atoms with Crippen molar-refractivity contribution in [3.8, 4) is 5.75 Å². The van der Waals surface area contributed by atoms with Crippen LogP contribution < -0.4 is 4.74 Å². The van der Waals surface area contributed by atoms with Crippen molar-refractivity contribution in [2.75, 3.05) is 18.8 Å². The Hall–Kier alpha value is -2.58. The van der Waals surface area contributed by atoms with Gasteiger partial charge in [0.1, 0.15) is 24.7 Å². The molecular weight excluding hydrogens is 385 g/mol. The van der Waals surface area contributed by atoms with Crippen LogP contribution in [-0.2, 0) is 27.5 Å². The second kappa shape index (κ2) is 8.20. The molecule has 6 nitrogen and oxygen atoms in total. The summed E-state index contributed by atoms with van der Waals surface area (Å²) in [5.41, 5.74) is 1.82. The summed E-state index contributed by atoms with van der Waals surface area (Å²) >= 11 is 1.18. The third-order valence-electron chi connectivity index (χ3n) is 4.45.